The van der Waals surface area contributed by atoms with Crippen molar-refractivity contribution in [3.63, 3.8) is 0 Å². The summed E-state index contributed by atoms with van der Waals surface area (Å²) in [6.07, 6.45) is 0. The second kappa shape index (κ2) is 4.98. The van der Waals surface area contributed by atoms with Gasteiger partial charge in [0.1, 0.15) is 11.3 Å². The minimum atomic E-state index is -1.14. The zero-order valence-corrected chi connectivity index (χ0v) is 10.0. The van der Waals surface area contributed by atoms with Gasteiger partial charge in [0.25, 0.3) is 0 Å². The first-order chi connectivity index (χ1) is 8.58. The number of halogens is 1. The number of rotatable bonds is 3. The van der Waals surface area contributed by atoms with E-state index >= 15 is 0 Å². The zero-order chi connectivity index (χ0) is 13.1. The number of ether oxygens (including phenoxy) is 1. The van der Waals surface area contributed by atoms with Crippen LogP contribution in [0.15, 0.2) is 42.5 Å². The summed E-state index contributed by atoms with van der Waals surface area (Å²) >= 11 is 5.96. The summed E-state index contributed by atoms with van der Waals surface area (Å²) in [6.45, 7) is 0. The fourth-order valence-corrected chi connectivity index (χ4v) is 1.75. The van der Waals surface area contributed by atoms with Gasteiger partial charge in [-0.1, -0.05) is 29.8 Å². The lowest BCUT2D eigenvalue weighted by Crippen LogP contribution is -2.02. The van der Waals surface area contributed by atoms with Crippen molar-refractivity contribution in [3.8, 4) is 11.5 Å². The van der Waals surface area contributed by atoms with Gasteiger partial charge in [-0.3, -0.25) is 0 Å². The minimum absolute atomic E-state index is 0.0659. The van der Waals surface area contributed by atoms with Gasteiger partial charge >= 0.3 is 5.97 Å². The standard InChI is InChI=1S/C13H10ClNO3/c14-11-7-8(15)6-10(13(16)17)12(11)18-9-4-2-1-3-5-9/h1-7H,15H2,(H,16,17). The summed E-state index contributed by atoms with van der Waals surface area (Å²) < 4.78 is 5.49. The van der Waals surface area contributed by atoms with Crippen molar-refractivity contribution in [2.75, 3.05) is 5.73 Å². The van der Waals surface area contributed by atoms with Gasteiger partial charge in [0.05, 0.1) is 5.02 Å². The quantitative estimate of drug-likeness (QED) is 0.833. The van der Waals surface area contributed by atoms with E-state index in [1.54, 1.807) is 24.3 Å². The van der Waals surface area contributed by atoms with Crippen LogP contribution in [0.5, 0.6) is 11.5 Å². The molecule has 0 radical (unpaired) electrons. The number of aromatic carboxylic acids is 1. The Kier molecular flexibility index (Phi) is 3.39. The lowest BCUT2D eigenvalue weighted by molar-refractivity contribution is 0.0694. The van der Waals surface area contributed by atoms with Gasteiger partial charge in [-0.15, -0.1) is 0 Å². The third-order valence-corrected chi connectivity index (χ3v) is 2.54. The van der Waals surface area contributed by atoms with Crippen LogP contribution >= 0.6 is 11.6 Å². The predicted octanol–water partition coefficient (Wildman–Crippen LogP) is 3.41. The van der Waals surface area contributed by atoms with Crippen molar-refractivity contribution in [2.45, 2.75) is 0 Å². The van der Waals surface area contributed by atoms with E-state index in [0.717, 1.165) is 0 Å². The Morgan fingerprint density at radius 1 is 1.22 bits per heavy atom. The number of nitrogen functional groups attached to an aromatic ring is 1. The third kappa shape index (κ3) is 2.55. The van der Waals surface area contributed by atoms with Crippen LogP contribution in [0, 0.1) is 0 Å². The lowest BCUT2D eigenvalue weighted by Gasteiger charge is -2.11. The number of carboxylic acids is 1. The van der Waals surface area contributed by atoms with Crippen LogP contribution in [0.2, 0.25) is 5.02 Å². The Balaban J connectivity index is 2.47. The number of carbonyl (C=O) groups is 1. The average molecular weight is 264 g/mol. The maximum absolute atomic E-state index is 11.1. The van der Waals surface area contributed by atoms with E-state index in [1.807, 2.05) is 6.07 Å². The summed E-state index contributed by atoms with van der Waals surface area (Å²) in [5.74, 6) is -0.550. The van der Waals surface area contributed by atoms with E-state index in [-0.39, 0.29) is 22.0 Å². The second-order valence-corrected chi connectivity index (χ2v) is 4.01. The van der Waals surface area contributed by atoms with Crippen molar-refractivity contribution in [1.82, 2.24) is 0 Å². The fourth-order valence-electron chi connectivity index (χ4n) is 1.48. The predicted molar refractivity (Wildman–Crippen MR) is 69.3 cm³/mol. The Labute approximate surface area is 109 Å². The highest BCUT2D eigenvalue weighted by Gasteiger charge is 2.16. The van der Waals surface area contributed by atoms with Crippen molar-refractivity contribution in [3.05, 3.63) is 53.1 Å². The number of anilines is 1. The normalized spacial score (nSPS) is 10.1. The molecule has 2 aromatic rings. The van der Waals surface area contributed by atoms with Gasteiger partial charge in [-0.25, -0.2) is 4.79 Å². The van der Waals surface area contributed by atoms with Crippen molar-refractivity contribution >= 4 is 23.3 Å². The fraction of sp³-hybridized carbons (Fsp3) is 0. The Morgan fingerprint density at radius 3 is 2.50 bits per heavy atom. The molecular formula is C13H10ClNO3. The monoisotopic (exact) mass is 263 g/mol. The molecule has 0 bridgehead atoms. The first kappa shape index (κ1) is 12.3. The molecule has 0 heterocycles. The van der Waals surface area contributed by atoms with E-state index in [4.69, 9.17) is 27.2 Å². The molecule has 2 rings (SSSR count). The number of hydrogen-bond donors (Lipinski definition) is 2. The molecule has 0 saturated carbocycles. The number of nitrogens with two attached hydrogens (primary N) is 1. The molecule has 0 spiro atoms. The van der Waals surface area contributed by atoms with Gasteiger partial charge in [-0.2, -0.15) is 0 Å². The number of hydrogen-bond acceptors (Lipinski definition) is 3. The SMILES string of the molecule is Nc1cc(Cl)c(Oc2ccccc2)c(C(=O)O)c1. The summed E-state index contributed by atoms with van der Waals surface area (Å²) in [5.41, 5.74) is 5.77. The molecule has 18 heavy (non-hydrogen) atoms. The van der Waals surface area contributed by atoms with Gasteiger partial charge in [-0.05, 0) is 24.3 Å². The molecule has 0 aliphatic rings. The van der Waals surface area contributed by atoms with Crippen LogP contribution in [0.25, 0.3) is 0 Å². The molecule has 0 atom stereocenters. The molecule has 2 aromatic carbocycles. The molecule has 0 saturated heterocycles. The van der Waals surface area contributed by atoms with Crippen molar-refractivity contribution < 1.29 is 14.6 Å². The minimum Gasteiger partial charge on any atom is -0.478 e. The molecule has 0 aliphatic carbocycles. The van der Waals surface area contributed by atoms with E-state index in [2.05, 4.69) is 0 Å². The first-order valence-electron chi connectivity index (χ1n) is 5.13. The molecule has 0 aromatic heterocycles. The molecular weight excluding hydrogens is 254 g/mol. The smallest absolute Gasteiger partial charge is 0.339 e. The second-order valence-electron chi connectivity index (χ2n) is 3.60. The molecule has 0 amide bonds. The lowest BCUT2D eigenvalue weighted by atomic mass is 10.2. The average Bonchev–Trinajstić information content (AvgIpc) is 2.33. The summed E-state index contributed by atoms with van der Waals surface area (Å²) in [7, 11) is 0. The van der Waals surface area contributed by atoms with E-state index in [9.17, 15) is 4.79 Å². The molecule has 0 fully saturated rings. The van der Waals surface area contributed by atoms with Gasteiger partial charge in [0, 0.05) is 5.69 Å². The van der Waals surface area contributed by atoms with E-state index < -0.39 is 5.97 Å². The highest BCUT2D eigenvalue weighted by atomic mass is 35.5. The maximum atomic E-state index is 11.1. The summed E-state index contributed by atoms with van der Waals surface area (Å²) in [5, 5.41) is 9.26. The van der Waals surface area contributed by atoms with Gasteiger partial charge < -0.3 is 15.6 Å². The number of carboxylic acid groups (broad SMARTS) is 1. The molecule has 4 nitrogen and oxygen atoms in total. The number of benzene rings is 2. The molecule has 5 heteroatoms. The van der Waals surface area contributed by atoms with Crippen LogP contribution in [0.3, 0.4) is 0 Å². The zero-order valence-electron chi connectivity index (χ0n) is 9.26. The molecule has 92 valence electrons. The Hall–Kier alpha value is -2.20. The number of para-hydroxylation sites is 1. The van der Waals surface area contributed by atoms with Crippen LogP contribution in [0.1, 0.15) is 10.4 Å². The van der Waals surface area contributed by atoms with Crippen LogP contribution in [-0.2, 0) is 0 Å². The summed E-state index contributed by atoms with van der Waals surface area (Å²) in [6, 6.07) is 11.6. The maximum Gasteiger partial charge on any atom is 0.339 e. The van der Waals surface area contributed by atoms with Crippen LogP contribution in [0.4, 0.5) is 5.69 Å². The first-order valence-corrected chi connectivity index (χ1v) is 5.51. The Morgan fingerprint density at radius 2 is 1.89 bits per heavy atom. The highest BCUT2D eigenvalue weighted by molar-refractivity contribution is 6.33. The molecule has 3 N–H and O–H groups in total. The molecule has 0 aliphatic heterocycles. The van der Waals surface area contributed by atoms with Crippen LogP contribution < -0.4 is 10.5 Å². The third-order valence-electron chi connectivity index (χ3n) is 2.26. The molecule has 0 unspecified atom stereocenters. The van der Waals surface area contributed by atoms with E-state index in [0.29, 0.717) is 5.75 Å². The summed E-state index contributed by atoms with van der Waals surface area (Å²) in [4.78, 5) is 11.1. The van der Waals surface area contributed by atoms with E-state index in [1.165, 1.54) is 12.1 Å². The highest BCUT2D eigenvalue weighted by Crippen LogP contribution is 2.35. The van der Waals surface area contributed by atoms with Gasteiger partial charge in [0.15, 0.2) is 5.75 Å². The van der Waals surface area contributed by atoms with Crippen LogP contribution in [-0.4, -0.2) is 11.1 Å². The van der Waals surface area contributed by atoms with Gasteiger partial charge in [0.2, 0.25) is 0 Å². The topological polar surface area (TPSA) is 72.5 Å². The van der Waals surface area contributed by atoms with Crippen molar-refractivity contribution in [2.24, 2.45) is 0 Å². The van der Waals surface area contributed by atoms with Crippen molar-refractivity contribution in [1.29, 1.82) is 0 Å². The Bertz CT molecular complexity index is 584. The largest absolute Gasteiger partial charge is 0.478 e.